The highest BCUT2D eigenvalue weighted by molar-refractivity contribution is 5.94. The van der Waals surface area contributed by atoms with E-state index in [0.717, 1.165) is 38.2 Å². The van der Waals surface area contributed by atoms with Gasteiger partial charge in [0.1, 0.15) is 0 Å². The average molecular weight is 353 g/mol. The number of rotatable bonds is 3. The van der Waals surface area contributed by atoms with Crippen LogP contribution in [0.1, 0.15) is 23.2 Å². The quantitative estimate of drug-likeness (QED) is 0.890. The molecule has 1 atom stereocenters. The van der Waals surface area contributed by atoms with Gasteiger partial charge in [-0.3, -0.25) is 9.59 Å². The van der Waals surface area contributed by atoms with E-state index < -0.39 is 0 Å². The van der Waals surface area contributed by atoms with Crippen molar-refractivity contribution in [1.29, 1.82) is 0 Å². The Morgan fingerprint density at radius 1 is 1.19 bits per heavy atom. The zero-order valence-electron chi connectivity index (χ0n) is 14.7. The second-order valence-corrected chi connectivity index (χ2v) is 6.81. The van der Waals surface area contributed by atoms with Crippen molar-refractivity contribution in [3.05, 3.63) is 48.3 Å². The molecule has 3 heterocycles. The van der Waals surface area contributed by atoms with Crippen molar-refractivity contribution in [2.45, 2.75) is 18.9 Å². The zero-order valence-corrected chi connectivity index (χ0v) is 14.7. The second kappa shape index (κ2) is 7.29. The Balaban J connectivity index is 1.44. The van der Waals surface area contributed by atoms with Crippen LogP contribution in [0.2, 0.25) is 0 Å². The molecule has 1 aromatic carbocycles. The maximum atomic E-state index is 12.9. The van der Waals surface area contributed by atoms with Crippen LogP contribution in [0.15, 0.2) is 42.7 Å². The molecule has 0 saturated carbocycles. The summed E-state index contributed by atoms with van der Waals surface area (Å²) in [5.41, 5.74) is 1.60. The van der Waals surface area contributed by atoms with Gasteiger partial charge in [0.05, 0.1) is 12.2 Å². The number of nitrogens with one attached hydrogen (secondary N) is 1. The van der Waals surface area contributed by atoms with E-state index in [1.807, 2.05) is 46.3 Å². The van der Waals surface area contributed by atoms with Crippen molar-refractivity contribution in [3.8, 4) is 5.69 Å². The highest BCUT2D eigenvalue weighted by Crippen LogP contribution is 2.19. The van der Waals surface area contributed by atoms with Gasteiger partial charge in [0.15, 0.2) is 0 Å². The van der Waals surface area contributed by atoms with Gasteiger partial charge in [-0.25, -0.2) is 4.68 Å². The van der Waals surface area contributed by atoms with Crippen molar-refractivity contribution in [3.63, 3.8) is 0 Å². The van der Waals surface area contributed by atoms with E-state index in [1.54, 1.807) is 10.9 Å². The minimum Gasteiger partial charge on any atom is -0.337 e. The fraction of sp³-hybridized carbons (Fsp3) is 0.421. The molecule has 0 aliphatic carbocycles. The molecule has 2 aromatic rings. The third kappa shape index (κ3) is 3.35. The van der Waals surface area contributed by atoms with Crippen LogP contribution in [0.5, 0.6) is 0 Å². The molecule has 2 fully saturated rings. The number of nitrogens with zero attached hydrogens (tertiary/aromatic N) is 4. The number of piperazine rings is 1. The van der Waals surface area contributed by atoms with Crippen molar-refractivity contribution in [1.82, 2.24) is 24.9 Å². The first-order chi connectivity index (χ1) is 12.7. The van der Waals surface area contributed by atoms with Gasteiger partial charge in [0, 0.05) is 50.2 Å². The van der Waals surface area contributed by atoms with E-state index in [0.29, 0.717) is 18.7 Å². The Labute approximate surface area is 152 Å². The molecule has 136 valence electrons. The van der Waals surface area contributed by atoms with Crippen LogP contribution in [0.25, 0.3) is 5.69 Å². The van der Waals surface area contributed by atoms with E-state index in [9.17, 15) is 9.59 Å². The number of carbonyl (C=O) groups is 2. The maximum Gasteiger partial charge on any atom is 0.253 e. The van der Waals surface area contributed by atoms with Gasteiger partial charge in [-0.2, -0.15) is 5.10 Å². The van der Waals surface area contributed by atoms with E-state index in [2.05, 4.69) is 10.4 Å². The van der Waals surface area contributed by atoms with Crippen LogP contribution < -0.4 is 5.32 Å². The summed E-state index contributed by atoms with van der Waals surface area (Å²) in [5, 5.41) is 7.30. The lowest BCUT2D eigenvalue weighted by atomic mass is 10.0. The normalized spacial score (nSPS) is 21.1. The Hall–Kier alpha value is -2.67. The first-order valence-corrected chi connectivity index (χ1v) is 9.12. The maximum absolute atomic E-state index is 12.9. The van der Waals surface area contributed by atoms with Gasteiger partial charge >= 0.3 is 0 Å². The predicted octanol–water partition coefficient (Wildman–Crippen LogP) is 0.909. The molecule has 0 bridgehead atoms. The largest absolute Gasteiger partial charge is 0.337 e. The minimum atomic E-state index is 0.0318. The first-order valence-electron chi connectivity index (χ1n) is 9.12. The first kappa shape index (κ1) is 16.8. The molecular weight excluding hydrogens is 330 g/mol. The molecule has 2 aliphatic heterocycles. The number of piperidine rings is 1. The van der Waals surface area contributed by atoms with Crippen molar-refractivity contribution in [2.24, 2.45) is 0 Å². The lowest BCUT2D eigenvalue weighted by Crippen LogP contribution is -2.57. The Morgan fingerprint density at radius 2 is 2.04 bits per heavy atom. The Morgan fingerprint density at radius 3 is 2.77 bits per heavy atom. The molecule has 2 saturated heterocycles. The highest BCUT2D eigenvalue weighted by Gasteiger charge is 2.31. The summed E-state index contributed by atoms with van der Waals surface area (Å²) in [7, 11) is 0. The molecule has 1 aromatic heterocycles. The zero-order chi connectivity index (χ0) is 17.9. The molecule has 7 heteroatoms. The van der Waals surface area contributed by atoms with Gasteiger partial charge in [-0.1, -0.05) is 0 Å². The summed E-state index contributed by atoms with van der Waals surface area (Å²) in [6.45, 7) is 3.32. The van der Waals surface area contributed by atoms with Crippen LogP contribution in [0.4, 0.5) is 0 Å². The summed E-state index contributed by atoms with van der Waals surface area (Å²) in [6.07, 6.45) is 5.49. The van der Waals surface area contributed by atoms with E-state index in [1.165, 1.54) is 0 Å². The number of carbonyl (C=O) groups excluding carboxylic acids is 2. The van der Waals surface area contributed by atoms with Crippen LogP contribution in [-0.2, 0) is 4.79 Å². The summed E-state index contributed by atoms with van der Waals surface area (Å²) >= 11 is 0. The van der Waals surface area contributed by atoms with Crippen molar-refractivity contribution < 1.29 is 9.59 Å². The number of benzene rings is 1. The van der Waals surface area contributed by atoms with E-state index in [-0.39, 0.29) is 17.9 Å². The fourth-order valence-corrected chi connectivity index (χ4v) is 3.76. The molecule has 4 rings (SSSR count). The van der Waals surface area contributed by atoms with Gasteiger partial charge in [0.2, 0.25) is 5.91 Å². The SMILES string of the molecule is O=C(c1ccc(-n2cccn2)cc1)N1CCCC(N2CCNCC2=O)C1. The Bertz CT molecular complexity index is 772. The summed E-state index contributed by atoms with van der Waals surface area (Å²) in [5.74, 6) is 0.170. The molecular formula is C19H23N5O2. The van der Waals surface area contributed by atoms with Crippen LogP contribution in [0.3, 0.4) is 0 Å². The van der Waals surface area contributed by atoms with Crippen LogP contribution in [-0.4, -0.2) is 70.2 Å². The molecule has 1 N–H and O–H groups in total. The van der Waals surface area contributed by atoms with Crippen molar-refractivity contribution >= 4 is 11.8 Å². The molecule has 26 heavy (non-hydrogen) atoms. The van der Waals surface area contributed by atoms with E-state index >= 15 is 0 Å². The molecule has 0 spiro atoms. The van der Waals surface area contributed by atoms with E-state index in [4.69, 9.17) is 0 Å². The monoisotopic (exact) mass is 353 g/mol. The molecule has 1 unspecified atom stereocenters. The lowest BCUT2D eigenvalue weighted by Gasteiger charge is -2.41. The third-order valence-corrected chi connectivity index (χ3v) is 5.13. The van der Waals surface area contributed by atoms with Crippen molar-refractivity contribution in [2.75, 3.05) is 32.7 Å². The number of aromatic nitrogens is 2. The summed E-state index contributed by atoms with van der Waals surface area (Å²) in [6, 6.07) is 9.50. The molecule has 7 nitrogen and oxygen atoms in total. The van der Waals surface area contributed by atoms with Crippen LogP contribution in [0, 0.1) is 0 Å². The smallest absolute Gasteiger partial charge is 0.253 e. The number of hydrogen-bond acceptors (Lipinski definition) is 4. The van der Waals surface area contributed by atoms with Gasteiger partial charge in [-0.15, -0.1) is 0 Å². The lowest BCUT2D eigenvalue weighted by molar-refractivity contribution is -0.135. The molecule has 2 aliphatic rings. The van der Waals surface area contributed by atoms with Gasteiger partial charge < -0.3 is 15.1 Å². The summed E-state index contributed by atoms with van der Waals surface area (Å²) in [4.78, 5) is 28.9. The second-order valence-electron chi connectivity index (χ2n) is 6.81. The topological polar surface area (TPSA) is 70.5 Å². The van der Waals surface area contributed by atoms with Crippen LogP contribution >= 0.6 is 0 Å². The standard InChI is InChI=1S/C19H23N5O2/c25-18-13-20-9-12-23(18)17-3-1-10-22(14-17)19(26)15-4-6-16(7-5-15)24-11-2-8-21-24/h2,4-8,11,17,20H,1,3,9-10,12-14H2. The molecule has 2 amide bonds. The summed E-state index contributed by atoms with van der Waals surface area (Å²) < 4.78 is 1.77. The fourth-order valence-electron chi connectivity index (χ4n) is 3.76. The Kier molecular flexibility index (Phi) is 4.71. The number of likely N-dealkylation sites (tertiary alicyclic amines) is 1. The predicted molar refractivity (Wildman–Crippen MR) is 97.1 cm³/mol. The van der Waals surface area contributed by atoms with Gasteiger partial charge in [0.25, 0.3) is 5.91 Å². The third-order valence-electron chi connectivity index (χ3n) is 5.13. The average Bonchev–Trinajstić information content (AvgIpc) is 3.23. The number of hydrogen-bond donors (Lipinski definition) is 1. The molecule has 0 radical (unpaired) electrons. The number of amides is 2. The highest BCUT2D eigenvalue weighted by atomic mass is 16.2. The minimum absolute atomic E-state index is 0.0318. The van der Waals surface area contributed by atoms with Gasteiger partial charge in [-0.05, 0) is 43.2 Å².